The highest BCUT2D eigenvalue weighted by atomic mass is 16.5. The van der Waals surface area contributed by atoms with E-state index in [1.165, 1.54) is 25.6 Å². The van der Waals surface area contributed by atoms with Gasteiger partial charge in [0.2, 0.25) is 0 Å². The number of carbonyl (C=O) groups is 1. The molecule has 3 nitrogen and oxygen atoms in total. The molecule has 0 bridgehead atoms. The van der Waals surface area contributed by atoms with E-state index in [2.05, 4.69) is 9.72 Å². The standard InChI is InChI=1S/C7H6BNO2/c1-11-7(10)5-2-3-9-4-6(5)8/h2-4H,1H3. The summed E-state index contributed by atoms with van der Waals surface area (Å²) in [7, 11) is 6.74. The van der Waals surface area contributed by atoms with Gasteiger partial charge in [-0.05, 0) is 6.07 Å². The Hall–Kier alpha value is -1.32. The van der Waals surface area contributed by atoms with Gasteiger partial charge >= 0.3 is 5.97 Å². The number of methoxy groups -OCH3 is 1. The van der Waals surface area contributed by atoms with Crippen molar-refractivity contribution < 1.29 is 9.53 Å². The molecule has 0 saturated heterocycles. The summed E-state index contributed by atoms with van der Waals surface area (Å²) in [4.78, 5) is 14.6. The van der Waals surface area contributed by atoms with Crippen LogP contribution in [-0.4, -0.2) is 25.9 Å². The second-order valence-corrected chi connectivity index (χ2v) is 1.95. The summed E-state index contributed by atoms with van der Waals surface area (Å²) in [5, 5.41) is 0. The van der Waals surface area contributed by atoms with Crippen molar-refractivity contribution in [3.8, 4) is 0 Å². The number of hydrogen-bond donors (Lipinski definition) is 0. The van der Waals surface area contributed by atoms with Crippen molar-refractivity contribution in [1.29, 1.82) is 0 Å². The van der Waals surface area contributed by atoms with E-state index in [1.807, 2.05) is 0 Å². The first-order chi connectivity index (χ1) is 5.25. The predicted molar refractivity (Wildman–Crippen MR) is 41.0 cm³/mol. The van der Waals surface area contributed by atoms with Gasteiger partial charge in [-0.25, -0.2) is 4.79 Å². The lowest BCUT2D eigenvalue weighted by atomic mass is 9.93. The van der Waals surface area contributed by atoms with Crippen LogP contribution in [0.4, 0.5) is 0 Å². The molecule has 0 amide bonds. The summed E-state index contributed by atoms with van der Waals surface area (Å²) in [6, 6.07) is 1.52. The molecule has 11 heavy (non-hydrogen) atoms. The molecule has 1 heterocycles. The van der Waals surface area contributed by atoms with E-state index in [4.69, 9.17) is 7.85 Å². The molecule has 0 atom stereocenters. The molecule has 1 rings (SSSR count). The van der Waals surface area contributed by atoms with E-state index in [-0.39, 0.29) is 0 Å². The molecule has 0 N–H and O–H groups in total. The van der Waals surface area contributed by atoms with Crippen molar-refractivity contribution in [1.82, 2.24) is 4.98 Å². The van der Waals surface area contributed by atoms with Gasteiger partial charge in [0.15, 0.2) is 0 Å². The van der Waals surface area contributed by atoms with Gasteiger partial charge in [-0.3, -0.25) is 4.98 Å². The molecule has 0 saturated carbocycles. The number of rotatable bonds is 1. The van der Waals surface area contributed by atoms with Crippen LogP contribution in [-0.2, 0) is 4.74 Å². The molecule has 1 aromatic heterocycles. The van der Waals surface area contributed by atoms with E-state index in [0.29, 0.717) is 11.0 Å². The van der Waals surface area contributed by atoms with Gasteiger partial charge in [0.05, 0.1) is 12.7 Å². The van der Waals surface area contributed by atoms with Crippen molar-refractivity contribution in [3.05, 3.63) is 24.0 Å². The second kappa shape index (κ2) is 3.19. The number of hydrogen-bond acceptors (Lipinski definition) is 3. The van der Waals surface area contributed by atoms with Crippen molar-refractivity contribution in [2.45, 2.75) is 0 Å². The molecule has 2 radical (unpaired) electrons. The SMILES string of the molecule is [B]c1cnccc1C(=O)OC. The lowest BCUT2D eigenvalue weighted by molar-refractivity contribution is 0.0602. The Bertz CT molecular complexity index is 275. The summed E-state index contributed by atoms with van der Waals surface area (Å²) in [6.07, 6.45) is 2.90. The van der Waals surface area contributed by atoms with Gasteiger partial charge in [0.25, 0.3) is 0 Å². The van der Waals surface area contributed by atoms with Crippen molar-refractivity contribution in [2.75, 3.05) is 7.11 Å². The normalized spacial score (nSPS) is 9.18. The third-order valence-electron chi connectivity index (χ3n) is 1.26. The van der Waals surface area contributed by atoms with Gasteiger partial charge in [-0.1, -0.05) is 5.46 Å². The quantitative estimate of drug-likeness (QED) is 0.403. The Balaban J connectivity index is 3.03. The third kappa shape index (κ3) is 1.58. The largest absolute Gasteiger partial charge is 0.465 e. The zero-order valence-corrected chi connectivity index (χ0v) is 6.07. The van der Waals surface area contributed by atoms with E-state index in [9.17, 15) is 4.79 Å². The van der Waals surface area contributed by atoms with Crippen LogP contribution in [0.5, 0.6) is 0 Å². The molecule has 0 spiro atoms. The van der Waals surface area contributed by atoms with Crippen LogP contribution in [0.1, 0.15) is 10.4 Å². The highest BCUT2D eigenvalue weighted by Crippen LogP contribution is 1.93. The molecule has 0 fully saturated rings. The van der Waals surface area contributed by atoms with Crippen LogP contribution in [0.3, 0.4) is 0 Å². The molecule has 1 aromatic rings. The summed E-state index contributed by atoms with van der Waals surface area (Å²) in [5.41, 5.74) is 0.682. The highest BCUT2D eigenvalue weighted by Gasteiger charge is 2.06. The summed E-state index contributed by atoms with van der Waals surface area (Å²) in [5.74, 6) is -0.440. The third-order valence-corrected chi connectivity index (χ3v) is 1.26. The van der Waals surface area contributed by atoms with Crippen molar-refractivity contribution >= 4 is 19.3 Å². The maximum atomic E-state index is 10.9. The highest BCUT2D eigenvalue weighted by molar-refractivity contribution is 6.35. The minimum Gasteiger partial charge on any atom is -0.465 e. The maximum Gasteiger partial charge on any atom is 0.337 e. The molecule has 0 aromatic carbocycles. The van der Waals surface area contributed by atoms with E-state index in [0.717, 1.165) is 0 Å². The number of aromatic nitrogens is 1. The first kappa shape index (κ1) is 7.79. The molecule has 54 valence electrons. The number of pyridine rings is 1. The molecular formula is C7H6BNO2. The summed E-state index contributed by atoms with van der Waals surface area (Å²) >= 11 is 0. The fourth-order valence-corrected chi connectivity index (χ4v) is 0.703. The van der Waals surface area contributed by atoms with Gasteiger partial charge < -0.3 is 4.74 Å². The predicted octanol–water partition coefficient (Wildman–Crippen LogP) is -0.338. The monoisotopic (exact) mass is 147 g/mol. The van der Waals surface area contributed by atoms with Gasteiger partial charge in [0.1, 0.15) is 7.85 Å². The van der Waals surface area contributed by atoms with Crippen LogP contribution in [0, 0.1) is 0 Å². The number of nitrogens with zero attached hydrogens (tertiary/aromatic N) is 1. The van der Waals surface area contributed by atoms with Crippen LogP contribution in [0.2, 0.25) is 0 Å². The molecule has 4 heteroatoms. The fraction of sp³-hybridized carbons (Fsp3) is 0.143. The van der Waals surface area contributed by atoms with Crippen LogP contribution >= 0.6 is 0 Å². The average molecular weight is 147 g/mol. The molecule has 0 unspecified atom stereocenters. The van der Waals surface area contributed by atoms with Gasteiger partial charge in [0, 0.05) is 12.4 Å². The van der Waals surface area contributed by atoms with E-state index >= 15 is 0 Å². The maximum absolute atomic E-state index is 10.9. The molecule has 0 aliphatic rings. The fourth-order valence-electron chi connectivity index (χ4n) is 0.703. The zero-order valence-electron chi connectivity index (χ0n) is 6.07. The lowest BCUT2D eigenvalue weighted by Crippen LogP contribution is -2.17. The van der Waals surface area contributed by atoms with E-state index in [1.54, 1.807) is 0 Å². The van der Waals surface area contributed by atoms with Gasteiger partial charge in [-0.15, -0.1) is 0 Å². The van der Waals surface area contributed by atoms with Gasteiger partial charge in [-0.2, -0.15) is 0 Å². The Morgan fingerprint density at radius 1 is 1.73 bits per heavy atom. The van der Waals surface area contributed by atoms with Crippen molar-refractivity contribution in [2.24, 2.45) is 0 Å². The van der Waals surface area contributed by atoms with E-state index < -0.39 is 5.97 Å². The minimum absolute atomic E-state index is 0.333. The first-order valence-corrected chi connectivity index (χ1v) is 3.03. The van der Waals surface area contributed by atoms with Crippen LogP contribution in [0.15, 0.2) is 18.5 Å². The summed E-state index contributed by atoms with van der Waals surface area (Å²) < 4.78 is 4.47. The molecule has 0 aliphatic carbocycles. The molecule has 0 aliphatic heterocycles. The Morgan fingerprint density at radius 3 is 3.00 bits per heavy atom. The Morgan fingerprint density at radius 2 is 2.45 bits per heavy atom. The number of ether oxygens (including phenoxy) is 1. The average Bonchev–Trinajstić information content (AvgIpc) is 2.04. The Labute approximate surface area is 65.8 Å². The first-order valence-electron chi connectivity index (χ1n) is 3.03. The van der Waals surface area contributed by atoms with Crippen LogP contribution < -0.4 is 5.46 Å². The number of carbonyl (C=O) groups excluding carboxylic acids is 1. The smallest absolute Gasteiger partial charge is 0.337 e. The zero-order chi connectivity index (χ0) is 8.27. The lowest BCUT2D eigenvalue weighted by Gasteiger charge is -2.00. The summed E-state index contributed by atoms with van der Waals surface area (Å²) in [6.45, 7) is 0. The number of esters is 1. The molecular weight excluding hydrogens is 141 g/mol. The van der Waals surface area contributed by atoms with Crippen molar-refractivity contribution in [3.63, 3.8) is 0 Å². The minimum atomic E-state index is -0.440. The Kier molecular flexibility index (Phi) is 2.26. The topological polar surface area (TPSA) is 39.2 Å². The van der Waals surface area contributed by atoms with Crippen LogP contribution in [0.25, 0.3) is 0 Å². The second-order valence-electron chi connectivity index (χ2n) is 1.95.